The minimum absolute atomic E-state index is 0.0237. The number of benzene rings is 2. The average Bonchev–Trinajstić information content (AvgIpc) is 3.21. The monoisotopic (exact) mass is 406 g/mol. The summed E-state index contributed by atoms with van der Waals surface area (Å²) in [6, 6.07) is 11.4. The number of rotatable bonds is 5. The fourth-order valence-corrected chi connectivity index (χ4v) is 3.81. The number of carbonyl (C=O) groups excluding carboxylic acids is 2. The topological polar surface area (TPSA) is 87.3 Å². The zero-order chi connectivity index (χ0) is 21.1. The molecule has 1 fully saturated rings. The maximum atomic E-state index is 12.6. The molecule has 30 heavy (non-hydrogen) atoms. The Morgan fingerprint density at radius 3 is 2.73 bits per heavy atom. The van der Waals surface area contributed by atoms with Crippen molar-refractivity contribution < 1.29 is 14.3 Å². The molecule has 0 radical (unpaired) electrons. The first-order chi connectivity index (χ1) is 14.5. The Labute approximate surface area is 175 Å². The molecule has 0 unspecified atom stereocenters. The number of aryl methyl sites for hydroxylation is 2. The maximum Gasteiger partial charge on any atom is 0.260 e. The Kier molecular flexibility index (Phi) is 5.70. The first kappa shape index (κ1) is 19.9. The lowest BCUT2D eigenvalue weighted by Crippen LogP contribution is -2.47. The van der Waals surface area contributed by atoms with Gasteiger partial charge in [0.15, 0.2) is 6.61 Å². The predicted molar refractivity (Wildman–Crippen MR) is 115 cm³/mol. The highest BCUT2D eigenvalue weighted by Gasteiger charge is 2.24. The Morgan fingerprint density at radius 2 is 1.97 bits per heavy atom. The Hall–Kier alpha value is -3.35. The van der Waals surface area contributed by atoms with Gasteiger partial charge in [0.2, 0.25) is 0 Å². The average molecular weight is 406 g/mol. The van der Waals surface area contributed by atoms with E-state index < -0.39 is 0 Å². The number of imidazole rings is 1. The summed E-state index contributed by atoms with van der Waals surface area (Å²) in [7, 11) is 0. The van der Waals surface area contributed by atoms with E-state index in [1.807, 2.05) is 43.0 Å². The van der Waals surface area contributed by atoms with Crippen molar-refractivity contribution in [3.05, 3.63) is 59.4 Å². The van der Waals surface area contributed by atoms with Crippen LogP contribution in [0.25, 0.3) is 11.0 Å². The lowest BCUT2D eigenvalue weighted by atomic mass is 10.0. The molecular formula is C23H26N4O3. The molecule has 1 aromatic heterocycles. The van der Waals surface area contributed by atoms with Gasteiger partial charge in [0.1, 0.15) is 5.75 Å². The van der Waals surface area contributed by atoms with Crippen LogP contribution in [0.15, 0.2) is 42.7 Å². The van der Waals surface area contributed by atoms with E-state index in [0.29, 0.717) is 18.7 Å². The minimum atomic E-state index is -0.102. The van der Waals surface area contributed by atoms with E-state index in [9.17, 15) is 9.59 Å². The number of ether oxygens (including phenoxy) is 1. The Bertz CT molecular complexity index is 1070. The second-order valence-corrected chi connectivity index (χ2v) is 7.82. The number of aromatic amines is 1. The van der Waals surface area contributed by atoms with E-state index in [0.717, 1.165) is 35.2 Å². The van der Waals surface area contributed by atoms with Crippen LogP contribution in [-0.4, -0.2) is 52.4 Å². The molecule has 2 N–H and O–H groups in total. The zero-order valence-electron chi connectivity index (χ0n) is 17.3. The smallest absolute Gasteiger partial charge is 0.260 e. The normalized spacial score (nSPS) is 14.7. The molecule has 4 rings (SSSR count). The number of H-pyrrole nitrogens is 1. The largest absolute Gasteiger partial charge is 0.484 e. The highest BCUT2D eigenvalue weighted by atomic mass is 16.5. The van der Waals surface area contributed by atoms with Crippen LogP contribution in [0.5, 0.6) is 5.75 Å². The molecule has 2 aromatic carbocycles. The lowest BCUT2D eigenvalue weighted by Gasteiger charge is -2.32. The second kappa shape index (κ2) is 8.57. The summed E-state index contributed by atoms with van der Waals surface area (Å²) >= 11 is 0. The quantitative estimate of drug-likeness (QED) is 0.682. The number of nitrogens with zero attached hydrogens (tertiary/aromatic N) is 2. The molecule has 3 aromatic rings. The molecule has 7 nitrogen and oxygen atoms in total. The molecule has 1 aliphatic rings. The van der Waals surface area contributed by atoms with Crippen molar-refractivity contribution in [3.63, 3.8) is 0 Å². The van der Waals surface area contributed by atoms with Gasteiger partial charge in [0.25, 0.3) is 11.8 Å². The second-order valence-electron chi connectivity index (χ2n) is 7.82. The fourth-order valence-electron chi connectivity index (χ4n) is 3.81. The predicted octanol–water partition coefficient (Wildman–Crippen LogP) is 2.98. The van der Waals surface area contributed by atoms with Gasteiger partial charge in [0, 0.05) is 24.7 Å². The molecule has 0 bridgehead atoms. The van der Waals surface area contributed by atoms with Crippen molar-refractivity contribution >= 4 is 22.8 Å². The highest BCUT2D eigenvalue weighted by Crippen LogP contribution is 2.19. The van der Waals surface area contributed by atoms with E-state index in [1.165, 1.54) is 5.56 Å². The lowest BCUT2D eigenvalue weighted by molar-refractivity contribution is -0.134. The molecule has 0 saturated carbocycles. The van der Waals surface area contributed by atoms with Gasteiger partial charge in [-0.25, -0.2) is 4.98 Å². The number of carbonyl (C=O) groups is 2. The fraction of sp³-hybridized carbons (Fsp3) is 0.348. The minimum Gasteiger partial charge on any atom is -0.484 e. The third kappa shape index (κ3) is 4.45. The molecule has 0 aliphatic carbocycles. The van der Waals surface area contributed by atoms with Gasteiger partial charge >= 0.3 is 0 Å². The third-order valence-electron chi connectivity index (χ3n) is 5.55. The summed E-state index contributed by atoms with van der Waals surface area (Å²) in [5, 5.41) is 3.08. The number of aromatic nitrogens is 2. The highest BCUT2D eigenvalue weighted by molar-refractivity contribution is 5.97. The van der Waals surface area contributed by atoms with Gasteiger partial charge < -0.3 is 19.9 Å². The number of amides is 2. The first-order valence-electron chi connectivity index (χ1n) is 10.2. The van der Waals surface area contributed by atoms with Crippen LogP contribution >= 0.6 is 0 Å². The van der Waals surface area contributed by atoms with E-state index >= 15 is 0 Å². The van der Waals surface area contributed by atoms with Crippen LogP contribution in [-0.2, 0) is 4.79 Å². The summed E-state index contributed by atoms with van der Waals surface area (Å²) in [5.74, 6) is 0.615. The summed E-state index contributed by atoms with van der Waals surface area (Å²) in [6.07, 6.45) is 3.07. The van der Waals surface area contributed by atoms with Crippen LogP contribution in [0.1, 0.15) is 34.3 Å². The zero-order valence-corrected chi connectivity index (χ0v) is 17.3. The number of fused-ring (bicyclic) bond motifs is 1. The number of hydrogen-bond acceptors (Lipinski definition) is 4. The van der Waals surface area contributed by atoms with E-state index in [1.54, 1.807) is 18.5 Å². The number of nitrogens with one attached hydrogen (secondary N) is 2. The molecular weight excluding hydrogens is 380 g/mol. The Balaban J connectivity index is 1.25. The van der Waals surface area contributed by atoms with Crippen LogP contribution in [0.2, 0.25) is 0 Å². The van der Waals surface area contributed by atoms with Crippen LogP contribution in [0.3, 0.4) is 0 Å². The van der Waals surface area contributed by atoms with Gasteiger partial charge in [-0.05, 0) is 56.5 Å². The summed E-state index contributed by atoms with van der Waals surface area (Å²) < 4.78 is 5.72. The number of likely N-dealkylation sites (tertiary alicyclic amines) is 1. The van der Waals surface area contributed by atoms with E-state index in [2.05, 4.69) is 15.3 Å². The summed E-state index contributed by atoms with van der Waals surface area (Å²) in [5.41, 5.74) is 4.47. The van der Waals surface area contributed by atoms with Gasteiger partial charge in [0.05, 0.1) is 17.4 Å². The summed E-state index contributed by atoms with van der Waals surface area (Å²) in [4.78, 5) is 34.1. The van der Waals surface area contributed by atoms with Crippen LogP contribution in [0, 0.1) is 13.8 Å². The maximum absolute atomic E-state index is 12.6. The molecule has 7 heteroatoms. The van der Waals surface area contributed by atoms with Crippen molar-refractivity contribution in [2.45, 2.75) is 32.7 Å². The van der Waals surface area contributed by atoms with Gasteiger partial charge in [-0.3, -0.25) is 9.59 Å². The molecule has 2 amide bonds. The molecule has 2 heterocycles. The number of hydrogen-bond donors (Lipinski definition) is 2. The first-order valence-corrected chi connectivity index (χ1v) is 10.2. The molecule has 156 valence electrons. The Morgan fingerprint density at radius 1 is 1.17 bits per heavy atom. The molecule has 0 atom stereocenters. The van der Waals surface area contributed by atoms with Crippen molar-refractivity contribution in [2.75, 3.05) is 19.7 Å². The van der Waals surface area contributed by atoms with Crippen molar-refractivity contribution in [3.8, 4) is 5.75 Å². The van der Waals surface area contributed by atoms with Gasteiger partial charge in [-0.1, -0.05) is 17.7 Å². The SMILES string of the molecule is Cc1ccc(OCC(=O)N2CCC(NC(=O)c3ccc4nc[nH]c4c3)CC2)c(C)c1. The van der Waals surface area contributed by atoms with Crippen LogP contribution in [0.4, 0.5) is 0 Å². The standard InChI is InChI=1S/C23H26N4O3/c1-15-3-6-21(16(2)11-15)30-13-22(28)27-9-7-18(8-10-27)26-23(29)17-4-5-19-20(12-17)25-14-24-19/h3-6,11-12,14,18H,7-10,13H2,1-2H3,(H,24,25)(H,26,29). The van der Waals surface area contributed by atoms with E-state index in [-0.39, 0.29) is 24.5 Å². The van der Waals surface area contributed by atoms with Gasteiger partial charge in [-0.2, -0.15) is 0 Å². The van der Waals surface area contributed by atoms with Gasteiger partial charge in [-0.15, -0.1) is 0 Å². The molecule has 1 aliphatic heterocycles. The summed E-state index contributed by atoms with van der Waals surface area (Å²) in [6.45, 7) is 5.26. The van der Waals surface area contributed by atoms with Crippen molar-refractivity contribution in [1.82, 2.24) is 20.2 Å². The third-order valence-corrected chi connectivity index (χ3v) is 5.55. The number of piperidine rings is 1. The molecule has 1 saturated heterocycles. The van der Waals surface area contributed by atoms with Crippen molar-refractivity contribution in [1.29, 1.82) is 0 Å². The van der Waals surface area contributed by atoms with Crippen LogP contribution < -0.4 is 10.1 Å². The molecule has 0 spiro atoms. The van der Waals surface area contributed by atoms with E-state index in [4.69, 9.17) is 4.74 Å². The van der Waals surface area contributed by atoms with Crippen molar-refractivity contribution in [2.24, 2.45) is 0 Å².